The van der Waals surface area contributed by atoms with Crippen LogP contribution < -0.4 is 5.32 Å². The molecule has 2 fully saturated rings. The number of hydrogen-bond donors (Lipinski definition) is 2. The van der Waals surface area contributed by atoms with Gasteiger partial charge >= 0.3 is 5.97 Å². The molecule has 20 heavy (non-hydrogen) atoms. The molecule has 1 aliphatic heterocycles. The summed E-state index contributed by atoms with van der Waals surface area (Å²) in [5, 5.41) is 12.0. The van der Waals surface area contributed by atoms with Crippen LogP contribution in [0.2, 0.25) is 0 Å². The first-order valence-corrected chi connectivity index (χ1v) is 7.82. The van der Waals surface area contributed by atoms with Gasteiger partial charge in [0.15, 0.2) is 0 Å². The van der Waals surface area contributed by atoms with Crippen molar-refractivity contribution in [3.63, 3.8) is 0 Å². The van der Waals surface area contributed by atoms with Crippen LogP contribution in [0.5, 0.6) is 0 Å². The zero-order valence-corrected chi connectivity index (χ0v) is 12.3. The molecule has 1 aliphatic carbocycles. The smallest absolute Gasteiger partial charge is 0.303 e. The van der Waals surface area contributed by atoms with Gasteiger partial charge in [-0.3, -0.25) is 14.5 Å². The fourth-order valence-electron chi connectivity index (χ4n) is 3.42. The van der Waals surface area contributed by atoms with Crippen molar-refractivity contribution >= 4 is 11.9 Å². The van der Waals surface area contributed by atoms with Gasteiger partial charge in [-0.2, -0.15) is 0 Å². The Hall–Kier alpha value is -1.10. The van der Waals surface area contributed by atoms with Gasteiger partial charge in [-0.05, 0) is 45.1 Å². The average molecular weight is 282 g/mol. The second-order valence-electron chi connectivity index (χ2n) is 6.27. The summed E-state index contributed by atoms with van der Waals surface area (Å²) in [7, 11) is 0. The van der Waals surface area contributed by atoms with Crippen molar-refractivity contribution in [1.29, 1.82) is 0 Å². The molecule has 5 heteroatoms. The van der Waals surface area contributed by atoms with Gasteiger partial charge in [-0.1, -0.05) is 12.8 Å². The molecule has 5 nitrogen and oxygen atoms in total. The summed E-state index contributed by atoms with van der Waals surface area (Å²) in [4.78, 5) is 25.2. The number of aliphatic carboxylic acids is 1. The maximum Gasteiger partial charge on any atom is 0.303 e. The Morgan fingerprint density at radius 3 is 2.60 bits per heavy atom. The Balaban J connectivity index is 1.82. The highest BCUT2D eigenvalue weighted by Gasteiger charge is 2.29. The van der Waals surface area contributed by atoms with Crippen LogP contribution in [0.15, 0.2) is 0 Å². The first kappa shape index (κ1) is 15.3. The maximum absolute atomic E-state index is 12.3. The van der Waals surface area contributed by atoms with E-state index in [1.807, 2.05) is 6.92 Å². The van der Waals surface area contributed by atoms with Gasteiger partial charge in [0.25, 0.3) is 0 Å². The number of amides is 1. The van der Waals surface area contributed by atoms with Crippen LogP contribution in [0.1, 0.15) is 51.9 Å². The van der Waals surface area contributed by atoms with Crippen molar-refractivity contribution in [2.75, 3.05) is 13.1 Å². The van der Waals surface area contributed by atoms with Gasteiger partial charge in [0.1, 0.15) is 0 Å². The first-order chi connectivity index (χ1) is 9.56. The molecule has 0 bridgehead atoms. The molecule has 0 spiro atoms. The van der Waals surface area contributed by atoms with Gasteiger partial charge in [0.2, 0.25) is 5.91 Å². The third-order valence-corrected chi connectivity index (χ3v) is 4.64. The fourth-order valence-corrected chi connectivity index (χ4v) is 3.42. The van der Waals surface area contributed by atoms with E-state index >= 15 is 0 Å². The largest absolute Gasteiger partial charge is 0.481 e. The Morgan fingerprint density at radius 1 is 1.25 bits per heavy atom. The summed E-state index contributed by atoms with van der Waals surface area (Å²) in [6.07, 6.45) is 6.78. The van der Waals surface area contributed by atoms with E-state index in [2.05, 4.69) is 10.2 Å². The van der Waals surface area contributed by atoms with Crippen molar-refractivity contribution in [2.24, 2.45) is 5.92 Å². The minimum absolute atomic E-state index is 0.105. The first-order valence-electron chi connectivity index (χ1n) is 7.82. The molecule has 2 atom stereocenters. The van der Waals surface area contributed by atoms with Crippen molar-refractivity contribution in [2.45, 2.75) is 64.0 Å². The van der Waals surface area contributed by atoms with Crippen LogP contribution in [0.4, 0.5) is 0 Å². The molecule has 2 aliphatic rings. The van der Waals surface area contributed by atoms with Gasteiger partial charge in [0.05, 0.1) is 6.04 Å². The van der Waals surface area contributed by atoms with Crippen LogP contribution in [0.3, 0.4) is 0 Å². The monoisotopic (exact) mass is 282 g/mol. The minimum atomic E-state index is -0.736. The van der Waals surface area contributed by atoms with Gasteiger partial charge in [-0.25, -0.2) is 0 Å². The number of carboxylic acid groups (broad SMARTS) is 1. The Kier molecular flexibility index (Phi) is 5.40. The third kappa shape index (κ3) is 4.20. The molecule has 2 rings (SSSR count). The molecule has 0 aromatic rings. The predicted molar refractivity (Wildman–Crippen MR) is 76.4 cm³/mol. The predicted octanol–water partition coefficient (Wildman–Crippen LogP) is 1.62. The highest BCUT2D eigenvalue weighted by Crippen LogP contribution is 2.22. The summed E-state index contributed by atoms with van der Waals surface area (Å²) in [5.41, 5.74) is 0. The molecule has 114 valence electrons. The van der Waals surface area contributed by atoms with Crippen LogP contribution in [-0.2, 0) is 9.59 Å². The lowest BCUT2D eigenvalue weighted by Crippen LogP contribution is -2.51. The number of nitrogens with one attached hydrogen (secondary N) is 1. The number of carboxylic acids is 1. The molecule has 0 aromatic heterocycles. The number of nitrogens with zero attached hydrogens (tertiary/aromatic N) is 1. The zero-order valence-electron chi connectivity index (χ0n) is 12.3. The molecular weight excluding hydrogens is 256 g/mol. The average Bonchev–Trinajstić information content (AvgIpc) is 2.90. The molecule has 2 unspecified atom stereocenters. The van der Waals surface area contributed by atoms with Crippen molar-refractivity contribution in [3.8, 4) is 0 Å². The lowest BCUT2D eigenvalue weighted by Gasteiger charge is -2.36. The van der Waals surface area contributed by atoms with E-state index < -0.39 is 5.97 Å². The van der Waals surface area contributed by atoms with Gasteiger partial charge < -0.3 is 10.4 Å². The number of carbonyl (C=O) groups excluding carboxylic acids is 1. The number of piperidine rings is 1. The van der Waals surface area contributed by atoms with E-state index in [1.165, 1.54) is 12.8 Å². The Morgan fingerprint density at radius 2 is 1.95 bits per heavy atom. The number of likely N-dealkylation sites (tertiary alicyclic amines) is 1. The lowest BCUT2D eigenvalue weighted by molar-refractivity contribution is -0.138. The second-order valence-corrected chi connectivity index (χ2v) is 6.27. The van der Waals surface area contributed by atoms with E-state index in [1.54, 1.807) is 0 Å². The summed E-state index contributed by atoms with van der Waals surface area (Å²) in [6.45, 7) is 3.56. The normalized spacial score (nSPS) is 26.4. The van der Waals surface area contributed by atoms with E-state index in [4.69, 9.17) is 5.11 Å². The van der Waals surface area contributed by atoms with Crippen molar-refractivity contribution < 1.29 is 14.7 Å². The summed E-state index contributed by atoms with van der Waals surface area (Å²) in [5.74, 6) is -0.448. The second kappa shape index (κ2) is 7.07. The summed E-state index contributed by atoms with van der Waals surface area (Å²) >= 11 is 0. The zero-order chi connectivity index (χ0) is 14.5. The molecule has 0 aromatic carbocycles. The molecule has 0 radical (unpaired) electrons. The van der Waals surface area contributed by atoms with E-state index in [-0.39, 0.29) is 24.3 Å². The minimum Gasteiger partial charge on any atom is -0.481 e. The van der Waals surface area contributed by atoms with Crippen LogP contribution in [-0.4, -0.2) is 47.1 Å². The standard InChI is InChI=1S/C15H26N2O3/c1-11(15(20)16-13-6-2-3-7-13)17-8-4-5-12(10-17)9-14(18)19/h11-13H,2-10H2,1H3,(H,16,20)(H,18,19). The van der Waals surface area contributed by atoms with Gasteiger partial charge in [0, 0.05) is 19.0 Å². The van der Waals surface area contributed by atoms with E-state index in [9.17, 15) is 9.59 Å². The van der Waals surface area contributed by atoms with Crippen molar-refractivity contribution in [3.05, 3.63) is 0 Å². The fraction of sp³-hybridized carbons (Fsp3) is 0.867. The topological polar surface area (TPSA) is 69.6 Å². The highest BCUT2D eigenvalue weighted by molar-refractivity contribution is 5.81. The number of carbonyl (C=O) groups is 2. The van der Waals surface area contributed by atoms with Crippen LogP contribution in [0, 0.1) is 5.92 Å². The van der Waals surface area contributed by atoms with E-state index in [0.29, 0.717) is 6.04 Å². The van der Waals surface area contributed by atoms with E-state index in [0.717, 1.165) is 38.8 Å². The molecule has 1 saturated carbocycles. The molecule has 1 saturated heterocycles. The molecular formula is C15H26N2O3. The van der Waals surface area contributed by atoms with Crippen molar-refractivity contribution in [1.82, 2.24) is 10.2 Å². The highest BCUT2D eigenvalue weighted by atomic mass is 16.4. The van der Waals surface area contributed by atoms with Crippen LogP contribution in [0.25, 0.3) is 0 Å². The Labute approximate surface area is 120 Å². The molecule has 2 N–H and O–H groups in total. The summed E-state index contributed by atoms with van der Waals surface area (Å²) in [6, 6.07) is 0.205. The molecule has 1 amide bonds. The Bertz CT molecular complexity index is 353. The number of hydrogen-bond acceptors (Lipinski definition) is 3. The number of rotatable bonds is 5. The molecule has 1 heterocycles. The lowest BCUT2D eigenvalue weighted by atomic mass is 9.94. The summed E-state index contributed by atoms with van der Waals surface area (Å²) < 4.78 is 0. The van der Waals surface area contributed by atoms with Gasteiger partial charge in [-0.15, -0.1) is 0 Å². The van der Waals surface area contributed by atoms with Crippen LogP contribution >= 0.6 is 0 Å². The maximum atomic E-state index is 12.3. The SMILES string of the molecule is CC(C(=O)NC1CCCC1)N1CCCC(CC(=O)O)C1. The quantitative estimate of drug-likeness (QED) is 0.804. The third-order valence-electron chi connectivity index (χ3n) is 4.64.